The van der Waals surface area contributed by atoms with Crippen molar-refractivity contribution >= 4 is 21.6 Å². The highest BCUT2D eigenvalue weighted by Gasteiger charge is 2.27. The molecule has 0 aromatic heterocycles. The Labute approximate surface area is 157 Å². The Hall–Kier alpha value is -1.44. The van der Waals surface area contributed by atoms with Crippen LogP contribution in [0.2, 0.25) is 0 Å². The standard InChI is InChI=1S/C19H31N3O3S/c1-16(23)20-18-9-11-19(12-10-18)26(24,25)22(14-13-21(2)3)15-17-7-5-4-6-8-17/h9-12,17H,4-8,13-15H2,1-3H3,(H,20,23). The van der Waals surface area contributed by atoms with Crippen LogP contribution in [0.3, 0.4) is 0 Å². The molecular weight excluding hydrogens is 350 g/mol. The monoisotopic (exact) mass is 381 g/mol. The maximum Gasteiger partial charge on any atom is 0.243 e. The summed E-state index contributed by atoms with van der Waals surface area (Å²) >= 11 is 0. The lowest BCUT2D eigenvalue weighted by Gasteiger charge is -2.30. The zero-order valence-corrected chi connectivity index (χ0v) is 16.9. The largest absolute Gasteiger partial charge is 0.326 e. The fraction of sp³-hybridized carbons (Fsp3) is 0.632. The van der Waals surface area contributed by atoms with Crippen LogP contribution in [0, 0.1) is 5.92 Å². The van der Waals surface area contributed by atoms with E-state index in [1.165, 1.54) is 26.2 Å². The molecule has 1 aromatic rings. The van der Waals surface area contributed by atoms with Gasteiger partial charge < -0.3 is 10.2 Å². The van der Waals surface area contributed by atoms with Crippen molar-refractivity contribution in [2.45, 2.75) is 43.9 Å². The molecule has 1 amide bonds. The van der Waals surface area contributed by atoms with Crippen LogP contribution < -0.4 is 5.32 Å². The van der Waals surface area contributed by atoms with Crippen molar-refractivity contribution in [2.24, 2.45) is 5.92 Å². The summed E-state index contributed by atoms with van der Waals surface area (Å²) in [4.78, 5) is 13.4. The number of amides is 1. The van der Waals surface area contributed by atoms with E-state index in [9.17, 15) is 13.2 Å². The first-order valence-corrected chi connectivity index (χ1v) is 10.8. The first-order valence-electron chi connectivity index (χ1n) is 9.31. The molecule has 0 atom stereocenters. The molecule has 1 aromatic carbocycles. The van der Waals surface area contributed by atoms with Gasteiger partial charge in [-0.05, 0) is 57.1 Å². The Balaban J connectivity index is 2.17. The molecule has 0 unspecified atom stereocenters. The molecule has 1 aliphatic carbocycles. The molecule has 0 radical (unpaired) electrons. The van der Waals surface area contributed by atoms with Gasteiger partial charge in [0.2, 0.25) is 15.9 Å². The van der Waals surface area contributed by atoms with Gasteiger partial charge in [-0.15, -0.1) is 0 Å². The van der Waals surface area contributed by atoms with Crippen molar-refractivity contribution in [1.29, 1.82) is 0 Å². The number of carbonyl (C=O) groups excluding carboxylic acids is 1. The van der Waals surface area contributed by atoms with Gasteiger partial charge in [-0.1, -0.05) is 19.3 Å². The van der Waals surface area contributed by atoms with E-state index < -0.39 is 10.0 Å². The van der Waals surface area contributed by atoms with Crippen molar-refractivity contribution in [1.82, 2.24) is 9.21 Å². The Bertz CT molecular complexity index is 680. The lowest BCUT2D eigenvalue weighted by molar-refractivity contribution is -0.114. The van der Waals surface area contributed by atoms with Crippen molar-refractivity contribution in [2.75, 3.05) is 39.0 Å². The maximum atomic E-state index is 13.2. The van der Waals surface area contributed by atoms with E-state index in [1.54, 1.807) is 28.6 Å². The minimum Gasteiger partial charge on any atom is -0.326 e. The summed E-state index contributed by atoms with van der Waals surface area (Å²) in [7, 11) is 0.357. The van der Waals surface area contributed by atoms with Crippen LogP contribution in [-0.4, -0.2) is 57.3 Å². The summed E-state index contributed by atoms with van der Waals surface area (Å²) in [5, 5.41) is 2.66. The Morgan fingerprint density at radius 3 is 2.23 bits per heavy atom. The van der Waals surface area contributed by atoms with Crippen LogP contribution in [-0.2, 0) is 14.8 Å². The molecule has 1 aliphatic rings. The average Bonchev–Trinajstić information content (AvgIpc) is 2.59. The predicted molar refractivity (Wildman–Crippen MR) is 105 cm³/mol. The molecule has 6 nitrogen and oxygen atoms in total. The summed E-state index contributed by atoms with van der Waals surface area (Å²) in [6.45, 7) is 3.19. The highest BCUT2D eigenvalue weighted by Crippen LogP contribution is 2.27. The van der Waals surface area contributed by atoms with Crippen molar-refractivity contribution in [3.8, 4) is 0 Å². The summed E-state index contributed by atoms with van der Waals surface area (Å²) < 4.78 is 28.0. The number of sulfonamides is 1. The molecule has 0 bridgehead atoms. The molecule has 1 N–H and O–H groups in total. The van der Waals surface area contributed by atoms with E-state index in [-0.39, 0.29) is 10.8 Å². The van der Waals surface area contributed by atoms with Crippen LogP contribution in [0.25, 0.3) is 0 Å². The molecule has 26 heavy (non-hydrogen) atoms. The lowest BCUT2D eigenvalue weighted by atomic mass is 9.89. The van der Waals surface area contributed by atoms with Gasteiger partial charge >= 0.3 is 0 Å². The molecule has 0 heterocycles. The third-order valence-electron chi connectivity index (χ3n) is 4.80. The second-order valence-electron chi connectivity index (χ2n) is 7.38. The normalized spacial score (nSPS) is 16.2. The molecular formula is C19H31N3O3S. The van der Waals surface area contributed by atoms with Crippen LogP contribution >= 0.6 is 0 Å². The maximum absolute atomic E-state index is 13.2. The first-order chi connectivity index (χ1) is 12.3. The number of nitrogens with zero attached hydrogens (tertiary/aromatic N) is 2. The minimum atomic E-state index is -3.55. The molecule has 1 fully saturated rings. The van der Waals surface area contributed by atoms with Gasteiger partial charge in [0.15, 0.2) is 0 Å². The first kappa shape index (κ1) is 20.9. The highest BCUT2D eigenvalue weighted by atomic mass is 32.2. The SMILES string of the molecule is CC(=O)Nc1ccc(S(=O)(=O)N(CCN(C)C)CC2CCCCC2)cc1. The second-order valence-corrected chi connectivity index (χ2v) is 9.31. The van der Waals surface area contributed by atoms with E-state index in [0.29, 0.717) is 31.2 Å². The van der Waals surface area contributed by atoms with Crippen LogP contribution in [0.5, 0.6) is 0 Å². The number of hydrogen-bond acceptors (Lipinski definition) is 4. The number of nitrogens with one attached hydrogen (secondary N) is 1. The smallest absolute Gasteiger partial charge is 0.243 e. The molecule has 146 valence electrons. The van der Waals surface area contributed by atoms with E-state index in [2.05, 4.69) is 5.32 Å². The van der Waals surface area contributed by atoms with Gasteiger partial charge in [-0.2, -0.15) is 4.31 Å². The zero-order chi connectivity index (χ0) is 19.2. The summed E-state index contributed by atoms with van der Waals surface area (Å²) in [6.07, 6.45) is 5.85. The van der Waals surface area contributed by atoms with Gasteiger partial charge in [-0.25, -0.2) is 8.42 Å². The van der Waals surface area contributed by atoms with Crippen molar-refractivity contribution in [3.63, 3.8) is 0 Å². The van der Waals surface area contributed by atoms with Gasteiger partial charge in [0.1, 0.15) is 0 Å². The number of anilines is 1. The van der Waals surface area contributed by atoms with Gasteiger partial charge in [0.05, 0.1) is 4.90 Å². The van der Waals surface area contributed by atoms with Gasteiger partial charge in [0, 0.05) is 32.2 Å². The van der Waals surface area contributed by atoms with E-state index in [4.69, 9.17) is 0 Å². The molecule has 0 aliphatic heterocycles. The zero-order valence-electron chi connectivity index (χ0n) is 16.1. The molecule has 0 saturated heterocycles. The van der Waals surface area contributed by atoms with Crippen LogP contribution in [0.4, 0.5) is 5.69 Å². The summed E-state index contributed by atoms with van der Waals surface area (Å²) in [6, 6.07) is 6.42. The second kappa shape index (κ2) is 9.48. The van der Waals surface area contributed by atoms with Crippen molar-refractivity contribution < 1.29 is 13.2 Å². The summed E-state index contributed by atoms with van der Waals surface area (Å²) in [5.41, 5.74) is 0.601. The third kappa shape index (κ3) is 6.07. The summed E-state index contributed by atoms with van der Waals surface area (Å²) in [5.74, 6) is 0.268. The number of carbonyl (C=O) groups is 1. The quantitative estimate of drug-likeness (QED) is 0.752. The molecule has 7 heteroatoms. The molecule has 1 saturated carbocycles. The van der Waals surface area contributed by atoms with Crippen molar-refractivity contribution in [3.05, 3.63) is 24.3 Å². The van der Waals surface area contributed by atoms with Crippen LogP contribution in [0.1, 0.15) is 39.0 Å². The predicted octanol–water partition coefficient (Wildman–Crippen LogP) is 2.78. The Morgan fingerprint density at radius 2 is 1.69 bits per heavy atom. The Morgan fingerprint density at radius 1 is 1.08 bits per heavy atom. The molecule has 2 rings (SSSR count). The fourth-order valence-corrected chi connectivity index (χ4v) is 4.85. The third-order valence-corrected chi connectivity index (χ3v) is 6.68. The van der Waals surface area contributed by atoms with E-state index in [1.807, 2.05) is 19.0 Å². The average molecular weight is 382 g/mol. The number of benzene rings is 1. The fourth-order valence-electron chi connectivity index (χ4n) is 3.34. The number of rotatable bonds is 8. The van der Waals surface area contributed by atoms with E-state index >= 15 is 0 Å². The van der Waals surface area contributed by atoms with Gasteiger partial charge in [-0.3, -0.25) is 4.79 Å². The van der Waals surface area contributed by atoms with E-state index in [0.717, 1.165) is 12.8 Å². The van der Waals surface area contributed by atoms with Crippen LogP contribution in [0.15, 0.2) is 29.2 Å². The van der Waals surface area contributed by atoms with Gasteiger partial charge in [0.25, 0.3) is 0 Å². The molecule has 0 spiro atoms. The lowest BCUT2D eigenvalue weighted by Crippen LogP contribution is -2.40. The highest BCUT2D eigenvalue weighted by molar-refractivity contribution is 7.89. The Kier molecular flexibility index (Phi) is 7.61. The number of likely N-dealkylation sites (N-methyl/N-ethyl adjacent to an activating group) is 1. The number of hydrogen-bond donors (Lipinski definition) is 1. The topological polar surface area (TPSA) is 69.7 Å². The minimum absolute atomic E-state index is 0.175.